The number of ether oxygens (including phenoxy) is 1. The summed E-state index contributed by atoms with van der Waals surface area (Å²) >= 11 is 0. The summed E-state index contributed by atoms with van der Waals surface area (Å²) in [6.07, 6.45) is 2.63. The molecular formula is C14H14N2O4. The molecule has 2 aromatic rings. The summed E-state index contributed by atoms with van der Waals surface area (Å²) in [5.41, 5.74) is 0.466. The van der Waals surface area contributed by atoms with Gasteiger partial charge in [-0.05, 0) is 31.5 Å². The molecule has 0 amide bonds. The van der Waals surface area contributed by atoms with Crippen LogP contribution in [0.5, 0.6) is 5.75 Å². The Morgan fingerprint density at radius 3 is 2.90 bits per heavy atom. The molecule has 0 N–H and O–H groups in total. The van der Waals surface area contributed by atoms with Crippen LogP contribution >= 0.6 is 0 Å². The lowest BCUT2D eigenvalue weighted by atomic mass is 10.1. The standard InChI is InChI=1S/C14H14N2O4/c1-10(17)4-3-9-20-13-7-6-12(16(18)19)11-5-2-8-15-14(11)13/h2,5-8H,3-4,9H2,1H3. The van der Waals surface area contributed by atoms with Crippen molar-refractivity contribution in [1.82, 2.24) is 4.98 Å². The van der Waals surface area contributed by atoms with Crippen LogP contribution in [0.1, 0.15) is 19.8 Å². The number of aromatic nitrogens is 1. The summed E-state index contributed by atoms with van der Waals surface area (Å²) < 4.78 is 5.57. The summed E-state index contributed by atoms with van der Waals surface area (Å²) in [6.45, 7) is 1.91. The molecule has 104 valence electrons. The van der Waals surface area contributed by atoms with Gasteiger partial charge in [-0.2, -0.15) is 0 Å². The fourth-order valence-corrected chi connectivity index (χ4v) is 1.91. The zero-order valence-corrected chi connectivity index (χ0v) is 11.0. The molecule has 0 bridgehead atoms. The molecule has 0 aliphatic heterocycles. The third-order valence-electron chi connectivity index (χ3n) is 2.84. The highest BCUT2D eigenvalue weighted by molar-refractivity contribution is 5.92. The molecule has 2 rings (SSSR count). The number of ketones is 1. The average Bonchev–Trinajstić information content (AvgIpc) is 2.43. The van der Waals surface area contributed by atoms with E-state index in [-0.39, 0.29) is 11.5 Å². The molecule has 0 aliphatic rings. The van der Waals surface area contributed by atoms with Crippen LogP contribution in [0.3, 0.4) is 0 Å². The van der Waals surface area contributed by atoms with Gasteiger partial charge in [0.15, 0.2) is 0 Å². The number of hydrogen-bond acceptors (Lipinski definition) is 5. The number of hydrogen-bond donors (Lipinski definition) is 0. The Morgan fingerprint density at radius 1 is 1.40 bits per heavy atom. The number of nitrogens with zero attached hydrogens (tertiary/aromatic N) is 2. The summed E-state index contributed by atoms with van der Waals surface area (Å²) in [6, 6.07) is 6.24. The molecule has 1 aromatic carbocycles. The van der Waals surface area contributed by atoms with Gasteiger partial charge in [-0.3, -0.25) is 15.1 Å². The maximum absolute atomic E-state index is 11.0. The molecule has 0 saturated heterocycles. The predicted octanol–water partition coefficient (Wildman–Crippen LogP) is 2.89. The Kier molecular flexibility index (Phi) is 4.24. The summed E-state index contributed by atoms with van der Waals surface area (Å²) in [4.78, 5) is 25.5. The van der Waals surface area contributed by atoms with E-state index in [0.29, 0.717) is 36.1 Å². The van der Waals surface area contributed by atoms with Crippen LogP contribution in [0.15, 0.2) is 30.5 Å². The SMILES string of the molecule is CC(=O)CCCOc1ccc([N+](=O)[O-])c2cccnc12. The van der Waals surface area contributed by atoms with E-state index in [0.717, 1.165) is 0 Å². The maximum Gasteiger partial charge on any atom is 0.279 e. The number of carbonyl (C=O) groups excluding carboxylic acids is 1. The van der Waals surface area contributed by atoms with E-state index in [9.17, 15) is 14.9 Å². The molecule has 0 aliphatic carbocycles. The fourth-order valence-electron chi connectivity index (χ4n) is 1.91. The Balaban J connectivity index is 2.24. The predicted molar refractivity (Wildman–Crippen MR) is 73.8 cm³/mol. The van der Waals surface area contributed by atoms with Crippen molar-refractivity contribution < 1.29 is 14.5 Å². The highest BCUT2D eigenvalue weighted by Crippen LogP contribution is 2.31. The third kappa shape index (κ3) is 3.09. The van der Waals surface area contributed by atoms with Gasteiger partial charge in [0, 0.05) is 18.7 Å². The van der Waals surface area contributed by atoms with Crippen LogP contribution in [0, 0.1) is 10.1 Å². The summed E-state index contributed by atoms with van der Waals surface area (Å²) in [7, 11) is 0. The van der Waals surface area contributed by atoms with E-state index in [1.807, 2.05) is 0 Å². The molecule has 0 fully saturated rings. The molecule has 20 heavy (non-hydrogen) atoms. The number of carbonyl (C=O) groups is 1. The van der Waals surface area contributed by atoms with Gasteiger partial charge in [-0.25, -0.2) is 0 Å². The van der Waals surface area contributed by atoms with E-state index in [2.05, 4.69) is 4.98 Å². The van der Waals surface area contributed by atoms with Crippen molar-refractivity contribution in [3.63, 3.8) is 0 Å². The average molecular weight is 274 g/mol. The molecule has 1 aromatic heterocycles. The fraction of sp³-hybridized carbons (Fsp3) is 0.286. The van der Waals surface area contributed by atoms with Crippen LogP contribution in [0.2, 0.25) is 0 Å². The van der Waals surface area contributed by atoms with Crippen LogP contribution in [0.25, 0.3) is 10.9 Å². The monoisotopic (exact) mass is 274 g/mol. The molecule has 1 heterocycles. The van der Waals surface area contributed by atoms with E-state index >= 15 is 0 Å². The second-order valence-electron chi connectivity index (χ2n) is 4.39. The quantitative estimate of drug-likeness (QED) is 0.459. The molecule has 6 nitrogen and oxygen atoms in total. The second-order valence-corrected chi connectivity index (χ2v) is 4.39. The molecule has 0 radical (unpaired) electrons. The number of fused-ring (bicyclic) bond motifs is 1. The van der Waals surface area contributed by atoms with Crippen LogP contribution in [-0.4, -0.2) is 22.3 Å². The smallest absolute Gasteiger partial charge is 0.279 e. The number of pyridine rings is 1. The zero-order chi connectivity index (χ0) is 14.5. The lowest BCUT2D eigenvalue weighted by Gasteiger charge is -2.08. The number of non-ortho nitro benzene ring substituents is 1. The maximum atomic E-state index is 11.0. The number of rotatable bonds is 6. The normalized spacial score (nSPS) is 10.4. The molecule has 0 unspecified atom stereocenters. The van der Waals surface area contributed by atoms with Crippen LogP contribution < -0.4 is 4.74 Å². The minimum Gasteiger partial charge on any atom is -0.491 e. The minimum absolute atomic E-state index is 0.00388. The first kappa shape index (κ1) is 13.9. The van der Waals surface area contributed by atoms with Crippen molar-refractivity contribution in [2.24, 2.45) is 0 Å². The van der Waals surface area contributed by atoms with E-state index in [1.165, 1.54) is 13.0 Å². The first-order valence-corrected chi connectivity index (χ1v) is 6.24. The van der Waals surface area contributed by atoms with Gasteiger partial charge in [0.05, 0.1) is 16.9 Å². The van der Waals surface area contributed by atoms with Crippen molar-refractivity contribution in [3.8, 4) is 5.75 Å². The topological polar surface area (TPSA) is 82.3 Å². The van der Waals surface area contributed by atoms with Gasteiger partial charge in [0.25, 0.3) is 5.69 Å². The Hall–Kier alpha value is -2.50. The van der Waals surface area contributed by atoms with Gasteiger partial charge in [-0.15, -0.1) is 0 Å². The molecule has 0 atom stereocenters. The molecular weight excluding hydrogens is 260 g/mol. The van der Waals surface area contributed by atoms with E-state index in [4.69, 9.17) is 4.74 Å². The highest BCUT2D eigenvalue weighted by atomic mass is 16.6. The number of benzene rings is 1. The summed E-state index contributed by atoms with van der Waals surface area (Å²) in [5.74, 6) is 0.607. The number of nitro benzene ring substituents is 1. The Morgan fingerprint density at radius 2 is 2.20 bits per heavy atom. The van der Waals surface area contributed by atoms with Gasteiger partial charge in [-0.1, -0.05) is 0 Å². The van der Waals surface area contributed by atoms with Crippen LogP contribution in [-0.2, 0) is 4.79 Å². The highest BCUT2D eigenvalue weighted by Gasteiger charge is 2.15. The van der Waals surface area contributed by atoms with Crippen molar-refractivity contribution >= 4 is 22.4 Å². The van der Waals surface area contributed by atoms with Crippen molar-refractivity contribution in [2.75, 3.05) is 6.61 Å². The van der Waals surface area contributed by atoms with Gasteiger partial charge >= 0.3 is 0 Å². The number of nitro groups is 1. The molecule has 0 saturated carbocycles. The lowest BCUT2D eigenvalue weighted by Crippen LogP contribution is -2.02. The Bertz CT molecular complexity index is 655. The van der Waals surface area contributed by atoms with Gasteiger partial charge < -0.3 is 9.53 Å². The first-order valence-electron chi connectivity index (χ1n) is 6.24. The largest absolute Gasteiger partial charge is 0.491 e. The molecule has 0 spiro atoms. The lowest BCUT2D eigenvalue weighted by molar-refractivity contribution is -0.383. The van der Waals surface area contributed by atoms with Crippen LogP contribution in [0.4, 0.5) is 5.69 Å². The van der Waals surface area contributed by atoms with Crippen molar-refractivity contribution in [3.05, 3.63) is 40.6 Å². The van der Waals surface area contributed by atoms with Crippen molar-refractivity contribution in [2.45, 2.75) is 19.8 Å². The number of Topliss-reactive ketones (excluding diaryl/α,β-unsaturated/α-hetero) is 1. The zero-order valence-electron chi connectivity index (χ0n) is 11.0. The second kappa shape index (κ2) is 6.10. The summed E-state index contributed by atoms with van der Waals surface area (Å²) in [5, 5.41) is 11.4. The minimum atomic E-state index is -0.441. The van der Waals surface area contributed by atoms with E-state index in [1.54, 1.807) is 24.4 Å². The van der Waals surface area contributed by atoms with Gasteiger partial charge in [0.1, 0.15) is 17.0 Å². The van der Waals surface area contributed by atoms with Crippen molar-refractivity contribution in [1.29, 1.82) is 0 Å². The third-order valence-corrected chi connectivity index (χ3v) is 2.84. The van der Waals surface area contributed by atoms with Gasteiger partial charge in [0.2, 0.25) is 0 Å². The van der Waals surface area contributed by atoms with E-state index < -0.39 is 4.92 Å². The first-order chi connectivity index (χ1) is 9.59. The molecule has 6 heteroatoms. The Labute approximate surface area is 115 Å².